The first-order chi connectivity index (χ1) is 8.40. The predicted molar refractivity (Wildman–Crippen MR) is 64.9 cm³/mol. The normalized spacial score (nSPS) is 12.4. The molecule has 7 heteroatoms. The molecular weight excluding hydrogens is 238 g/mol. The molecular formula is C11H17N3O4. The lowest BCUT2D eigenvalue weighted by molar-refractivity contribution is -0.402. The van der Waals surface area contributed by atoms with E-state index >= 15 is 0 Å². The molecule has 0 aliphatic carbocycles. The van der Waals surface area contributed by atoms with Crippen molar-refractivity contribution in [2.75, 3.05) is 0 Å². The van der Waals surface area contributed by atoms with Crippen molar-refractivity contribution in [1.82, 2.24) is 10.6 Å². The number of carbonyl (C=O) groups is 1. The van der Waals surface area contributed by atoms with Gasteiger partial charge in [0.15, 0.2) is 0 Å². The number of hydrogen-bond acceptors (Lipinski definition) is 5. The van der Waals surface area contributed by atoms with Crippen LogP contribution in [0, 0.1) is 10.1 Å². The second-order valence-electron chi connectivity index (χ2n) is 4.26. The molecule has 0 bridgehead atoms. The van der Waals surface area contributed by atoms with Crippen LogP contribution in [-0.2, 0) is 11.3 Å². The van der Waals surface area contributed by atoms with Crippen molar-refractivity contribution in [2.45, 2.75) is 39.4 Å². The Morgan fingerprint density at radius 2 is 2.11 bits per heavy atom. The van der Waals surface area contributed by atoms with Crippen LogP contribution < -0.4 is 10.6 Å². The van der Waals surface area contributed by atoms with Crippen molar-refractivity contribution in [1.29, 1.82) is 0 Å². The van der Waals surface area contributed by atoms with Gasteiger partial charge in [-0.05, 0) is 26.8 Å². The second kappa shape index (κ2) is 6.15. The van der Waals surface area contributed by atoms with E-state index in [1.165, 1.54) is 12.1 Å². The van der Waals surface area contributed by atoms with E-state index in [2.05, 4.69) is 10.6 Å². The van der Waals surface area contributed by atoms with Crippen LogP contribution in [0.4, 0.5) is 5.88 Å². The highest BCUT2D eigenvalue weighted by molar-refractivity contribution is 5.81. The minimum Gasteiger partial charge on any atom is -0.404 e. The van der Waals surface area contributed by atoms with Crippen LogP contribution in [0.1, 0.15) is 26.5 Å². The Labute approximate surface area is 105 Å². The van der Waals surface area contributed by atoms with Gasteiger partial charge in [0.05, 0.1) is 18.7 Å². The summed E-state index contributed by atoms with van der Waals surface area (Å²) in [4.78, 5) is 21.4. The van der Waals surface area contributed by atoms with E-state index in [0.29, 0.717) is 5.76 Å². The van der Waals surface area contributed by atoms with Crippen molar-refractivity contribution in [2.24, 2.45) is 0 Å². The summed E-state index contributed by atoms with van der Waals surface area (Å²) in [5.41, 5.74) is 0. The first kappa shape index (κ1) is 14.2. The molecule has 18 heavy (non-hydrogen) atoms. The highest BCUT2D eigenvalue weighted by Crippen LogP contribution is 2.15. The summed E-state index contributed by atoms with van der Waals surface area (Å²) >= 11 is 0. The molecule has 2 N–H and O–H groups in total. The molecule has 1 heterocycles. The third kappa shape index (κ3) is 4.17. The number of furan rings is 1. The average molecular weight is 255 g/mol. The van der Waals surface area contributed by atoms with Gasteiger partial charge in [-0.3, -0.25) is 20.2 Å². The maximum atomic E-state index is 11.6. The van der Waals surface area contributed by atoms with Crippen molar-refractivity contribution in [3.63, 3.8) is 0 Å². The Morgan fingerprint density at radius 3 is 2.61 bits per heavy atom. The number of nitrogens with zero attached hydrogens (tertiary/aromatic N) is 1. The Kier molecular flexibility index (Phi) is 4.85. The van der Waals surface area contributed by atoms with Crippen LogP contribution in [-0.4, -0.2) is 22.9 Å². The third-order valence-corrected chi connectivity index (χ3v) is 2.23. The average Bonchev–Trinajstić information content (AvgIpc) is 2.73. The van der Waals surface area contributed by atoms with Crippen LogP contribution in [0.15, 0.2) is 16.5 Å². The van der Waals surface area contributed by atoms with Crippen molar-refractivity contribution >= 4 is 11.8 Å². The van der Waals surface area contributed by atoms with Crippen LogP contribution in [0.2, 0.25) is 0 Å². The molecule has 0 radical (unpaired) electrons. The summed E-state index contributed by atoms with van der Waals surface area (Å²) in [7, 11) is 0. The summed E-state index contributed by atoms with van der Waals surface area (Å²) in [6.45, 7) is 5.73. The Balaban J connectivity index is 2.44. The highest BCUT2D eigenvalue weighted by Gasteiger charge is 2.15. The van der Waals surface area contributed by atoms with Crippen molar-refractivity contribution < 1.29 is 14.1 Å². The van der Waals surface area contributed by atoms with E-state index in [1.54, 1.807) is 6.92 Å². The number of nitro groups is 1. The topological polar surface area (TPSA) is 97.4 Å². The van der Waals surface area contributed by atoms with E-state index in [4.69, 9.17) is 4.42 Å². The molecule has 0 fully saturated rings. The van der Waals surface area contributed by atoms with Gasteiger partial charge in [0.25, 0.3) is 0 Å². The van der Waals surface area contributed by atoms with Gasteiger partial charge in [-0.15, -0.1) is 0 Å². The zero-order valence-corrected chi connectivity index (χ0v) is 10.6. The first-order valence-electron chi connectivity index (χ1n) is 5.67. The first-order valence-corrected chi connectivity index (χ1v) is 5.67. The molecule has 1 rings (SSSR count). The van der Waals surface area contributed by atoms with Gasteiger partial charge in [-0.25, -0.2) is 0 Å². The maximum Gasteiger partial charge on any atom is 0.433 e. The number of hydrogen-bond donors (Lipinski definition) is 2. The summed E-state index contributed by atoms with van der Waals surface area (Å²) in [5, 5.41) is 16.1. The lowest BCUT2D eigenvalue weighted by Crippen LogP contribution is -2.44. The minimum atomic E-state index is -0.599. The van der Waals surface area contributed by atoms with Gasteiger partial charge in [0, 0.05) is 6.04 Å². The molecule has 7 nitrogen and oxygen atoms in total. The van der Waals surface area contributed by atoms with Gasteiger partial charge < -0.3 is 9.73 Å². The van der Waals surface area contributed by atoms with Crippen LogP contribution >= 0.6 is 0 Å². The summed E-state index contributed by atoms with van der Waals surface area (Å²) in [6.07, 6.45) is 0. The molecule has 1 aromatic heterocycles. The quantitative estimate of drug-likeness (QED) is 0.587. The Bertz CT molecular complexity index is 428. The van der Waals surface area contributed by atoms with Gasteiger partial charge in [0.1, 0.15) is 10.7 Å². The predicted octanol–water partition coefficient (Wildman–Crippen LogP) is 1.19. The Hall–Kier alpha value is -1.89. The summed E-state index contributed by atoms with van der Waals surface area (Å²) < 4.78 is 4.96. The van der Waals surface area contributed by atoms with Crippen LogP contribution in [0.25, 0.3) is 0 Å². The highest BCUT2D eigenvalue weighted by atomic mass is 16.6. The lowest BCUT2D eigenvalue weighted by atomic mass is 10.2. The molecule has 100 valence electrons. The second-order valence-corrected chi connectivity index (χ2v) is 4.26. The molecule has 1 atom stereocenters. The number of amides is 1. The third-order valence-electron chi connectivity index (χ3n) is 2.23. The van der Waals surface area contributed by atoms with Crippen LogP contribution in [0.3, 0.4) is 0 Å². The smallest absolute Gasteiger partial charge is 0.404 e. The van der Waals surface area contributed by atoms with E-state index in [1.807, 2.05) is 13.8 Å². The fraction of sp³-hybridized carbons (Fsp3) is 0.545. The van der Waals surface area contributed by atoms with Crippen molar-refractivity contribution in [3.8, 4) is 0 Å². The SMILES string of the molecule is CC(C)NC(=O)C(C)NCc1ccc([N+](=O)[O-])o1. The molecule has 1 unspecified atom stereocenters. The molecule has 0 aliphatic rings. The van der Waals surface area contributed by atoms with Crippen molar-refractivity contribution in [3.05, 3.63) is 28.0 Å². The molecule has 0 aliphatic heterocycles. The minimum absolute atomic E-state index is 0.0754. The monoisotopic (exact) mass is 255 g/mol. The molecule has 1 aromatic rings. The lowest BCUT2D eigenvalue weighted by Gasteiger charge is -2.15. The largest absolute Gasteiger partial charge is 0.433 e. The van der Waals surface area contributed by atoms with Gasteiger partial charge in [-0.2, -0.15) is 0 Å². The van der Waals surface area contributed by atoms with Crippen LogP contribution in [0.5, 0.6) is 0 Å². The van der Waals surface area contributed by atoms with E-state index < -0.39 is 11.0 Å². The summed E-state index contributed by atoms with van der Waals surface area (Å²) in [5.74, 6) is 0.00281. The summed E-state index contributed by atoms with van der Waals surface area (Å²) in [6, 6.07) is 2.48. The van der Waals surface area contributed by atoms with E-state index in [9.17, 15) is 14.9 Å². The number of nitrogens with one attached hydrogen (secondary N) is 2. The zero-order valence-electron chi connectivity index (χ0n) is 10.6. The number of carbonyl (C=O) groups excluding carboxylic acids is 1. The van der Waals surface area contributed by atoms with Gasteiger partial charge in [0.2, 0.25) is 5.91 Å². The Morgan fingerprint density at radius 1 is 1.44 bits per heavy atom. The van der Waals surface area contributed by atoms with Gasteiger partial charge in [-0.1, -0.05) is 0 Å². The molecule has 0 saturated heterocycles. The molecule has 1 amide bonds. The molecule has 0 saturated carbocycles. The molecule has 0 aromatic carbocycles. The van der Waals surface area contributed by atoms with E-state index in [-0.39, 0.29) is 24.4 Å². The standard InChI is InChI=1S/C11H17N3O4/c1-7(2)13-11(15)8(3)12-6-9-4-5-10(18-9)14(16)17/h4-5,7-8,12H,6H2,1-3H3,(H,13,15). The number of rotatable bonds is 6. The zero-order chi connectivity index (χ0) is 13.7. The van der Waals surface area contributed by atoms with Gasteiger partial charge >= 0.3 is 5.88 Å². The maximum absolute atomic E-state index is 11.6. The fourth-order valence-corrected chi connectivity index (χ4v) is 1.32. The fourth-order valence-electron chi connectivity index (χ4n) is 1.32. The van der Waals surface area contributed by atoms with E-state index in [0.717, 1.165) is 0 Å². The molecule has 0 spiro atoms.